The zero-order valence-corrected chi connectivity index (χ0v) is 13.4. The Morgan fingerprint density at radius 3 is 2.48 bits per heavy atom. The lowest BCUT2D eigenvalue weighted by Crippen LogP contribution is -2.43. The number of carbonyl (C=O) groups excluding carboxylic acids is 2. The molecule has 1 N–H and O–H groups in total. The van der Waals surface area contributed by atoms with Crippen LogP contribution in [0.5, 0.6) is 5.75 Å². The molecule has 0 fully saturated rings. The van der Waals surface area contributed by atoms with E-state index in [4.69, 9.17) is 4.74 Å². The van der Waals surface area contributed by atoms with Gasteiger partial charge in [-0.2, -0.15) is 0 Å². The largest absolute Gasteiger partial charge is 0.484 e. The molecule has 4 nitrogen and oxygen atoms in total. The smallest absolute Gasteiger partial charge is 0.258 e. The lowest BCUT2D eigenvalue weighted by atomic mass is 10.0. The molecule has 0 heterocycles. The van der Waals surface area contributed by atoms with Crippen molar-refractivity contribution in [2.24, 2.45) is 0 Å². The van der Waals surface area contributed by atoms with E-state index in [0.717, 1.165) is 11.1 Å². The van der Waals surface area contributed by atoms with Crippen LogP contribution in [0.2, 0.25) is 0 Å². The third-order valence-corrected chi connectivity index (χ3v) is 3.47. The lowest BCUT2D eigenvalue weighted by Gasteiger charge is -2.16. The van der Waals surface area contributed by atoms with Gasteiger partial charge in [0.2, 0.25) is 0 Å². The standard InChI is InChI=1S/C19H21NO3/c1-14-7-6-10-17(11-14)23-13-19(22)20-18(15(2)21)12-16-8-4-3-5-9-16/h3-11,18H,12-13H2,1-2H3,(H,20,22)/t18-/m0/s1. The van der Waals surface area contributed by atoms with Gasteiger partial charge in [0.05, 0.1) is 6.04 Å². The topological polar surface area (TPSA) is 55.4 Å². The van der Waals surface area contributed by atoms with Crippen molar-refractivity contribution >= 4 is 11.7 Å². The quantitative estimate of drug-likeness (QED) is 0.855. The molecule has 2 aromatic rings. The van der Waals surface area contributed by atoms with Gasteiger partial charge in [-0.25, -0.2) is 0 Å². The third kappa shape index (κ3) is 5.58. The summed E-state index contributed by atoms with van der Waals surface area (Å²) in [5.41, 5.74) is 2.07. The second kappa shape index (κ2) is 8.13. The van der Waals surface area contributed by atoms with Gasteiger partial charge in [-0.1, -0.05) is 42.5 Å². The first-order valence-corrected chi connectivity index (χ1v) is 7.58. The molecule has 0 radical (unpaired) electrons. The Morgan fingerprint density at radius 1 is 1.09 bits per heavy atom. The van der Waals surface area contributed by atoms with Crippen LogP contribution in [-0.2, 0) is 16.0 Å². The highest BCUT2D eigenvalue weighted by Crippen LogP contribution is 2.12. The molecule has 1 atom stereocenters. The van der Waals surface area contributed by atoms with Crippen LogP contribution in [0, 0.1) is 6.92 Å². The monoisotopic (exact) mass is 311 g/mol. The van der Waals surface area contributed by atoms with Crippen LogP contribution in [0.25, 0.3) is 0 Å². The number of aryl methyl sites for hydroxylation is 1. The van der Waals surface area contributed by atoms with Crippen LogP contribution < -0.4 is 10.1 Å². The van der Waals surface area contributed by atoms with Gasteiger partial charge in [0.15, 0.2) is 12.4 Å². The van der Waals surface area contributed by atoms with E-state index in [1.807, 2.05) is 55.5 Å². The number of rotatable bonds is 7. The Labute approximate surface area is 136 Å². The molecular weight excluding hydrogens is 290 g/mol. The number of hydrogen-bond donors (Lipinski definition) is 1. The molecule has 0 bridgehead atoms. The zero-order valence-electron chi connectivity index (χ0n) is 13.4. The summed E-state index contributed by atoms with van der Waals surface area (Å²) >= 11 is 0. The summed E-state index contributed by atoms with van der Waals surface area (Å²) in [6.45, 7) is 3.33. The second-order valence-corrected chi connectivity index (χ2v) is 5.53. The van der Waals surface area contributed by atoms with Gasteiger partial charge in [0.25, 0.3) is 5.91 Å². The van der Waals surface area contributed by atoms with Gasteiger partial charge in [0, 0.05) is 0 Å². The molecule has 1 amide bonds. The Morgan fingerprint density at radius 2 is 1.83 bits per heavy atom. The van der Waals surface area contributed by atoms with Crippen LogP contribution in [0.1, 0.15) is 18.1 Å². The Kier molecular flexibility index (Phi) is 5.92. The minimum absolute atomic E-state index is 0.0715. The molecular formula is C19H21NO3. The fourth-order valence-electron chi connectivity index (χ4n) is 2.24. The number of ketones is 1. The molecule has 0 aliphatic carbocycles. The van der Waals surface area contributed by atoms with E-state index in [0.29, 0.717) is 12.2 Å². The molecule has 4 heteroatoms. The summed E-state index contributed by atoms with van der Waals surface area (Å²) in [5, 5.41) is 2.74. The van der Waals surface area contributed by atoms with E-state index in [1.54, 1.807) is 6.07 Å². The van der Waals surface area contributed by atoms with Gasteiger partial charge in [-0.05, 0) is 43.5 Å². The fourth-order valence-corrected chi connectivity index (χ4v) is 2.24. The molecule has 0 saturated heterocycles. The van der Waals surface area contributed by atoms with Gasteiger partial charge in [-0.3, -0.25) is 9.59 Å². The number of ether oxygens (including phenoxy) is 1. The first-order valence-electron chi connectivity index (χ1n) is 7.58. The average Bonchev–Trinajstić information content (AvgIpc) is 2.53. The molecule has 0 spiro atoms. The first kappa shape index (κ1) is 16.7. The van der Waals surface area contributed by atoms with E-state index in [2.05, 4.69) is 5.32 Å². The molecule has 2 aromatic carbocycles. The number of amides is 1. The molecule has 0 unspecified atom stereocenters. The number of carbonyl (C=O) groups is 2. The normalized spacial score (nSPS) is 11.6. The SMILES string of the molecule is CC(=O)[C@H](Cc1ccccc1)NC(=O)COc1cccc(C)c1. The van der Waals surface area contributed by atoms with E-state index in [9.17, 15) is 9.59 Å². The maximum Gasteiger partial charge on any atom is 0.258 e. The first-order chi connectivity index (χ1) is 11.0. The van der Waals surface area contributed by atoms with Crippen molar-refractivity contribution in [2.75, 3.05) is 6.61 Å². The van der Waals surface area contributed by atoms with Crippen molar-refractivity contribution in [3.63, 3.8) is 0 Å². The molecule has 0 aliphatic heterocycles. The van der Waals surface area contributed by atoms with Crippen molar-refractivity contribution in [3.8, 4) is 5.75 Å². The van der Waals surface area contributed by atoms with Gasteiger partial charge in [-0.15, -0.1) is 0 Å². The van der Waals surface area contributed by atoms with Crippen molar-refractivity contribution < 1.29 is 14.3 Å². The predicted molar refractivity (Wildman–Crippen MR) is 89.4 cm³/mol. The van der Waals surface area contributed by atoms with Gasteiger partial charge >= 0.3 is 0 Å². The van der Waals surface area contributed by atoms with E-state index >= 15 is 0 Å². The Hall–Kier alpha value is -2.62. The predicted octanol–water partition coefficient (Wildman–Crippen LogP) is 2.69. The van der Waals surface area contributed by atoms with Gasteiger partial charge in [0.1, 0.15) is 5.75 Å². The van der Waals surface area contributed by atoms with Crippen molar-refractivity contribution in [1.29, 1.82) is 0 Å². The van der Waals surface area contributed by atoms with E-state index in [-0.39, 0.29) is 18.3 Å². The van der Waals surface area contributed by atoms with E-state index < -0.39 is 6.04 Å². The van der Waals surface area contributed by atoms with Crippen LogP contribution in [0.3, 0.4) is 0 Å². The molecule has 120 valence electrons. The summed E-state index contributed by atoms with van der Waals surface area (Å²) in [6, 6.07) is 16.6. The maximum absolute atomic E-state index is 12.0. The number of benzene rings is 2. The number of hydrogen-bond acceptors (Lipinski definition) is 3. The summed E-state index contributed by atoms with van der Waals surface area (Å²) in [4.78, 5) is 23.8. The molecule has 0 aromatic heterocycles. The third-order valence-electron chi connectivity index (χ3n) is 3.47. The lowest BCUT2D eigenvalue weighted by molar-refractivity contribution is -0.128. The average molecular weight is 311 g/mol. The highest BCUT2D eigenvalue weighted by molar-refractivity contribution is 5.88. The van der Waals surface area contributed by atoms with Crippen LogP contribution >= 0.6 is 0 Å². The van der Waals surface area contributed by atoms with Crippen molar-refractivity contribution in [2.45, 2.75) is 26.3 Å². The highest BCUT2D eigenvalue weighted by Gasteiger charge is 2.17. The maximum atomic E-state index is 12.0. The fraction of sp³-hybridized carbons (Fsp3) is 0.263. The van der Waals surface area contributed by atoms with Crippen LogP contribution in [0.4, 0.5) is 0 Å². The summed E-state index contributed by atoms with van der Waals surface area (Å²) in [5.74, 6) is 0.267. The highest BCUT2D eigenvalue weighted by atomic mass is 16.5. The Balaban J connectivity index is 1.89. The van der Waals surface area contributed by atoms with Crippen molar-refractivity contribution in [1.82, 2.24) is 5.32 Å². The Bertz CT molecular complexity index is 667. The molecule has 2 rings (SSSR count). The number of nitrogens with one attached hydrogen (secondary N) is 1. The van der Waals surface area contributed by atoms with Crippen LogP contribution in [-0.4, -0.2) is 24.3 Å². The number of Topliss-reactive ketones (excluding diaryl/α,β-unsaturated/α-hetero) is 1. The minimum Gasteiger partial charge on any atom is -0.484 e. The second-order valence-electron chi connectivity index (χ2n) is 5.53. The summed E-state index contributed by atoms with van der Waals surface area (Å²) in [6.07, 6.45) is 0.479. The molecule has 0 saturated carbocycles. The molecule has 0 aliphatic rings. The summed E-state index contributed by atoms with van der Waals surface area (Å²) in [7, 11) is 0. The van der Waals surface area contributed by atoms with Gasteiger partial charge < -0.3 is 10.1 Å². The zero-order chi connectivity index (χ0) is 16.7. The van der Waals surface area contributed by atoms with Crippen LogP contribution in [0.15, 0.2) is 54.6 Å². The summed E-state index contributed by atoms with van der Waals surface area (Å²) < 4.78 is 5.46. The van der Waals surface area contributed by atoms with E-state index in [1.165, 1.54) is 6.92 Å². The molecule has 23 heavy (non-hydrogen) atoms. The van der Waals surface area contributed by atoms with Crippen molar-refractivity contribution in [3.05, 3.63) is 65.7 Å². The minimum atomic E-state index is -0.536.